The van der Waals surface area contributed by atoms with E-state index in [0.29, 0.717) is 5.11 Å². The van der Waals surface area contributed by atoms with Gasteiger partial charge in [0.25, 0.3) is 0 Å². The molecule has 3 N–H and O–H groups in total. The van der Waals surface area contributed by atoms with Crippen LogP contribution in [-0.2, 0) is 0 Å². The molecule has 0 aliphatic rings. The molecule has 4 nitrogen and oxygen atoms in total. The first-order chi connectivity index (χ1) is 8.99. The molecule has 0 unspecified atom stereocenters. The second-order valence-electron chi connectivity index (χ2n) is 4.98. The van der Waals surface area contributed by atoms with Crippen molar-refractivity contribution in [1.82, 2.24) is 15.6 Å². The topological polar surface area (TPSA) is 39.3 Å². The van der Waals surface area contributed by atoms with Crippen LogP contribution in [0.5, 0.6) is 0 Å². The van der Waals surface area contributed by atoms with Crippen molar-refractivity contribution in [2.45, 2.75) is 20.3 Å². The van der Waals surface area contributed by atoms with Crippen molar-refractivity contribution in [1.29, 1.82) is 0 Å². The maximum atomic E-state index is 5.20. The highest BCUT2D eigenvalue weighted by atomic mass is 32.1. The van der Waals surface area contributed by atoms with Gasteiger partial charge in [-0.2, -0.15) is 0 Å². The summed E-state index contributed by atoms with van der Waals surface area (Å²) in [6.07, 6.45) is 1.07. The van der Waals surface area contributed by atoms with Gasteiger partial charge in [-0.3, -0.25) is 10.9 Å². The van der Waals surface area contributed by atoms with Gasteiger partial charge in [-0.25, -0.2) is 0 Å². The van der Waals surface area contributed by atoms with Crippen molar-refractivity contribution in [3.8, 4) is 0 Å². The molecule has 0 saturated carbocycles. The second kappa shape index (κ2) is 7.96. The quantitative estimate of drug-likeness (QED) is 0.423. The van der Waals surface area contributed by atoms with Crippen LogP contribution < -0.4 is 16.2 Å². The fourth-order valence-corrected chi connectivity index (χ4v) is 1.87. The lowest BCUT2D eigenvalue weighted by Crippen LogP contribution is -2.39. The first-order valence-corrected chi connectivity index (χ1v) is 6.91. The van der Waals surface area contributed by atoms with Crippen LogP contribution in [0.25, 0.3) is 0 Å². The summed E-state index contributed by atoms with van der Waals surface area (Å²) in [7, 11) is 4.14. The predicted molar refractivity (Wildman–Crippen MR) is 86.4 cm³/mol. The molecule has 0 heterocycles. The van der Waals surface area contributed by atoms with Crippen molar-refractivity contribution in [2.75, 3.05) is 32.6 Å². The first kappa shape index (κ1) is 15.7. The van der Waals surface area contributed by atoms with Crippen LogP contribution >= 0.6 is 12.2 Å². The van der Waals surface area contributed by atoms with E-state index in [-0.39, 0.29) is 0 Å². The van der Waals surface area contributed by atoms with Crippen LogP contribution in [0, 0.1) is 13.8 Å². The summed E-state index contributed by atoms with van der Waals surface area (Å²) in [6, 6.07) is 6.26. The van der Waals surface area contributed by atoms with E-state index in [4.69, 9.17) is 12.2 Å². The maximum Gasteiger partial charge on any atom is 0.185 e. The number of hydrazine groups is 1. The van der Waals surface area contributed by atoms with Gasteiger partial charge in [0.05, 0.1) is 5.69 Å². The summed E-state index contributed by atoms with van der Waals surface area (Å²) < 4.78 is 0. The normalized spacial score (nSPS) is 10.4. The van der Waals surface area contributed by atoms with E-state index in [1.807, 2.05) is 6.07 Å². The molecule has 1 aromatic rings. The van der Waals surface area contributed by atoms with Crippen molar-refractivity contribution in [3.05, 3.63) is 29.3 Å². The summed E-state index contributed by atoms with van der Waals surface area (Å²) in [4.78, 5) is 2.16. The van der Waals surface area contributed by atoms with Gasteiger partial charge in [-0.1, -0.05) is 17.7 Å². The number of hydrogen-bond acceptors (Lipinski definition) is 3. The summed E-state index contributed by atoms with van der Waals surface area (Å²) in [6.45, 7) is 6.09. The minimum Gasteiger partial charge on any atom is -0.361 e. The highest BCUT2D eigenvalue weighted by Crippen LogP contribution is 2.14. The number of benzene rings is 1. The summed E-state index contributed by atoms with van der Waals surface area (Å²) in [5.74, 6) is 0. The lowest BCUT2D eigenvalue weighted by atomic mass is 10.1. The molecule has 0 fully saturated rings. The van der Waals surface area contributed by atoms with E-state index in [9.17, 15) is 0 Å². The number of hydrogen-bond donors (Lipinski definition) is 3. The number of thiocarbonyl (C=S) groups is 1. The summed E-state index contributed by atoms with van der Waals surface area (Å²) in [5.41, 5.74) is 9.63. The minimum absolute atomic E-state index is 0.624. The molecule has 0 atom stereocenters. The lowest BCUT2D eigenvalue weighted by molar-refractivity contribution is 0.400. The standard InChI is InChI=1S/C14H24N4S/c1-11-6-7-13(12(2)10-11)16-17-14(19)15-8-5-9-18(3)4/h6-7,10,16H,5,8-9H2,1-4H3,(H2,15,17,19). The Balaban J connectivity index is 2.26. The SMILES string of the molecule is Cc1ccc(NNC(=S)NCCCN(C)C)c(C)c1. The largest absolute Gasteiger partial charge is 0.361 e. The molecular formula is C14H24N4S. The Hall–Kier alpha value is -1.33. The van der Waals surface area contributed by atoms with Crippen molar-refractivity contribution in [3.63, 3.8) is 0 Å². The van der Waals surface area contributed by atoms with Crippen LogP contribution in [0.1, 0.15) is 17.5 Å². The molecule has 0 amide bonds. The number of anilines is 1. The molecule has 0 bridgehead atoms. The second-order valence-corrected chi connectivity index (χ2v) is 5.39. The summed E-state index contributed by atoms with van der Waals surface area (Å²) >= 11 is 5.20. The molecule has 0 aliphatic carbocycles. The Bertz CT molecular complexity index is 418. The van der Waals surface area contributed by atoms with Gasteiger partial charge >= 0.3 is 0 Å². The average molecular weight is 280 g/mol. The third-order valence-electron chi connectivity index (χ3n) is 2.76. The van der Waals surface area contributed by atoms with E-state index < -0.39 is 0 Å². The Morgan fingerprint density at radius 1 is 1.26 bits per heavy atom. The molecule has 1 rings (SSSR count). The molecule has 5 heteroatoms. The Morgan fingerprint density at radius 3 is 2.63 bits per heavy atom. The minimum atomic E-state index is 0.624. The molecule has 106 valence electrons. The molecule has 0 radical (unpaired) electrons. The van der Waals surface area contributed by atoms with Crippen LogP contribution in [-0.4, -0.2) is 37.2 Å². The third-order valence-corrected chi connectivity index (χ3v) is 3.01. The smallest absolute Gasteiger partial charge is 0.185 e. The highest BCUT2D eigenvalue weighted by molar-refractivity contribution is 7.80. The van der Waals surface area contributed by atoms with Gasteiger partial charge in [0.2, 0.25) is 0 Å². The molecular weight excluding hydrogens is 256 g/mol. The van der Waals surface area contributed by atoms with Gasteiger partial charge in [-0.05, 0) is 64.8 Å². The molecule has 0 aliphatic heterocycles. The van der Waals surface area contributed by atoms with Crippen LogP contribution in [0.15, 0.2) is 18.2 Å². The zero-order valence-electron chi connectivity index (χ0n) is 12.2. The van der Waals surface area contributed by atoms with E-state index >= 15 is 0 Å². The average Bonchev–Trinajstić information content (AvgIpc) is 2.33. The Kier molecular flexibility index (Phi) is 6.59. The molecule has 0 aromatic heterocycles. The van der Waals surface area contributed by atoms with E-state index in [1.54, 1.807) is 0 Å². The van der Waals surface area contributed by atoms with Gasteiger partial charge in [0, 0.05) is 6.54 Å². The van der Waals surface area contributed by atoms with Crippen LogP contribution in [0.2, 0.25) is 0 Å². The number of rotatable bonds is 6. The Labute approximate surface area is 121 Å². The predicted octanol–water partition coefficient (Wildman–Crippen LogP) is 2.05. The van der Waals surface area contributed by atoms with E-state index in [2.05, 4.69) is 61.1 Å². The maximum absolute atomic E-state index is 5.20. The molecule has 1 aromatic carbocycles. The zero-order valence-corrected chi connectivity index (χ0v) is 13.0. The molecule has 19 heavy (non-hydrogen) atoms. The first-order valence-electron chi connectivity index (χ1n) is 6.51. The fourth-order valence-electron chi connectivity index (χ4n) is 1.72. The monoisotopic (exact) mass is 280 g/mol. The van der Waals surface area contributed by atoms with Crippen molar-refractivity contribution in [2.24, 2.45) is 0 Å². The van der Waals surface area contributed by atoms with E-state index in [0.717, 1.165) is 25.2 Å². The van der Waals surface area contributed by atoms with Crippen molar-refractivity contribution >= 4 is 23.0 Å². The van der Waals surface area contributed by atoms with Gasteiger partial charge < -0.3 is 10.2 Å². The molecule has 0 spiro atoms. The van der Waals surface area contributed by atoms with Crippen LogP contribution in [0.3, 0.4) is 0 Å². The highest BCUT2D eigenvalue weighted by Gasteiger charge is 1.99. The number of nitrogens with zero attached hydrogens (tertiary/aromatic N) is 1. The van der Waals surface area contributed by atoms with E-state index in [1.165, 1.54) is 11.1 Å². The Morgan fingerprint density at radius 2 is 2.00 bits per heavy atom. The third kappa shape index (κ3) is 6.40. The molecule has 0 saturated heterocycles. The van der Waals surface area contributed by atoms with Gasteiger partial charge in [0.1, 0.15) is 0 Å². The zero-order chi connectivity index (χ0) is 14.3. The fraction of sp³-hybridized carbons (Fsp3) is 0.500. The summed E-state index contributed by atoms with van der Waals surface area (Å²) in [5, 5.41) is 3.79. The van der Waals surface area contributed by atoms with Gasteiger partial charge in [0.15, 0.2) is 5.11 Å². The number of nitrogens with one attached hydrogen (secondary N) is 3. The van der Waals surface area contributed by atoms with Gasteiger partial charge in [-0.15, -0.1) is 0 Å². The van der Waals surface area contributed by atoms with Crippen LogP contribution in [0.4, 0.5) is 5.69 Å². The number of aryl methyl sites for hydroxylation is 2. The lowest BCUT2D eigenvalue weighted by Gasteiger charge is -2.15. The van der Waals surface area contributed by atoms with Crippen molar-refractivity contribution < 1.29 is 0 Å².